The predicted octanol–water partition coefficient (Wildman–Crippen LogP) is 1.79. The van der Waals surface area contributed by atoms with Crippen molar-refractivity contribution >= 4 is 5.71 Å². The zero-order chi connectivity index (χ0) is 8.89. The highest BCUT2D eigenvalue weighted by atomic mass is 16.5. The quantitative estimate of drug-likeness (QED) is 0.482. The van der Waals surface area contributed by atoms with E-state index >= 15 is 0 Å². The molecule has 0 aromatic heterocycles. The molecule has 1 aromatic carbocycles. The standard InChI is InChI=1S/C10H9NO2/c12-11-9-7-3-1-2-4-8(7)13-10(9)5-6-10/h1-4,12H,5-6H2/b11-9-. The molecule has 3 heteroatoms. The number of nitrogens with zero attached hydrogens (tertiary/aromatic N) is 1. The Labute approximate surface area is 75.6 Å². The summed E-state index contributed by atoms with van der Waals surface area (Å²) in [5, 5.41) is 12.2. The van der Waals surface area contributed by atoms with Gasteiger partial charge in [0.1, 0.15) is 11.5 Å². The van der Waals surface area contributed by atoms with Crippen molar-refractivity contribution < 1.29 is 9.94 Å². The fourth-order valence-electron chi connectivity index (χ4n) is 1.85. The first-order chi connectivity index (χ1) is 6.36. The highest BCUT2D eigenvalue weighted by Gasteiger charge is 2.56. The Morgan fingerprint density at radius 1 is 1.31 bits per heavy atom. The van der Waals surface area contributed by atoms with E-state index < -0.39 is 0 Å². The molecule has 1 aliphatic carbocycles. The van der Waals surface area contributed by atoms with Crippen LogP contribution < -0.4 is 4.74 Å². The van der Waals surface area contributed by atoms with E-state index in [1.807, 2.05) is 24.3 Å². The Bertz CT molecular complexity index is 394. The fourth-order valence-corrected chi connectivity index (χ4v) is 1.85. The lowest BCUT2D eigenvalue weighted by Gasteiger charge is -2.05. The monoisotopic (exact) mass is 175 g/mol. The van der Waals surface area contributed by atoms with Crippen LogP contribution in [0, 0.1) is 0 Å². The van der Waals surface area contributed by atoms with Crippen LogP contribution in [0.25, 0.3) is 0 Å². The molecule has 66 valence electrons. The third-order valence-corrected chi connectivity index (χ3v) is 2.68. The highest BCUT2D eigenvalue weighted by Crippen LogP contribution is 2.49. The minimum Gasteiger partial charge on any atom is -0.480 e. The molecule has 1 aliphatic heterocycles. The van der Waals surface area contributed by atoms with Crippen molar-refractivity contribution in [1.29, 1.82) is 0 Å². The normalized spacial score (nSPS) is 24.5. The van der Waals surface area contributed by atoms with Crippen molar-refractivity contribution in [2.75, 3.05) is 0 Å². The van der Waals surface area contributed by atoms with E-state index in [0.717, 1.165) is 24.2 Å². The van der Waals surface area contributed by atoms with Gasteiger partial charge in [-0.3, -0.25) is 0 Å². The van der Waals surface area contributed by atoms with Gasteiger partial charge in [0, 0.05) is 5.56 Å². The van der Waals surface area contributed by atoms with E-state index in [-0.39, 0.29) is 5.60 Å². The van der Waals surface area contributed by atoms with E-state index in [9.17, 15) is 0 Å². The Balaban J connectivity index is 2.20. The molecule has 13 heavy (non-hydrogen) atoms. The first-order valence-electron chi connectivity index (χ1n) is 4.37. The minimum absolute atomic E-state index is 0.279. The lowest BCUT2D eigenvalue weighted by Crippen LogP contribution is -2.22. The summed E-state index contributed by atoms with van der Waals surface area (Å²) in [6, 6.07) is 7.69. The number of benzene rings is 1. The van der Waals surface area contributed by atoms with Crippen LogP contribution in [0.15, 0.2) is 29.4 Å². The average molecular weight is 175 g/mol. The molecule has 0 unspecified atom stereocenters. The van der Waals surface area contributed by atoms with E-state index in [1.54, 1.807) is 0 Å². The zero-order valence-electron chi connectivity index (χ0n) is 7.03. The van der Waals surface area contributed by atoms with Crippen LogP contribution in [-0.2, 0) is 0 Å². The summed E-state index contributed by atoms with van der Waals surface area (Å²) in [5.74, 6) is 0.841. The molecule has 1 N–H and O–H groups in total. The summed E-state index contributed by atoms with van der Waals surface area (Å²) in [6.45, 7) is 0. The van der Waals surface area contributed by atoms with Gasteiger partial charge in [-0.2, -0.15) is 0 Å². The van der Waals surface area contributed by atoms with Crippen molar-refractivity contribution in [1.82, 2.24) is 0 Å². The van der Waals surface area contributed by atoms with E-state index in [4.69, 9.17) is 9.94 Å². The molecular weight excluding hydrogens is 166 g/mol. The van der Waals surface area contributed by atoms with Gasteiger partial charge in [-0.05, 0) is 25.0 Å². The molecular formula is C10H9NO2. The maximum absolute atomic E-state index is 8.90. The van der Waals surface area contributed by atoms with Gasteiger partial charge in [0.2, 0.25) is 0 Å². The SMILES string of the molecule is O/N=C1/c2ccccc2OC12CC2. The molecule has 3 nitrogen and oxygen atoms in total. The van der Waals surface area contributed by atoms with Crippen LogP contribution in [0.5, 0.6) is 5.75 Å². The molecule has 1 spiro atoms. The van der Waals surface area contributed by atoms with Crippen molar-refractivity contribution in [3.8, 4) is 5.75 Å². The highest BCUT2D eigenvalue weighted by molar-refractivity contribution is 6.12. The number of hydrogen-bond acceptors (Lipinski definition) is 3. The van der Waals surface area contributed by atoms with Crippen molar-refractivity contribution in [2.45, 2.75) is 18.4 Å². The second-order valence-corrected chi connectivity index (χ2v) is 3.54. The lowest BCUT2D eigenvalue weighted by molar-refractivity contribution is 0.253. The fraction of sp³-hybridized carbons (Fsp3) is 0.300. The third kappa shape index (κ3) is 0.763. The van der Waals surface area contributed by atoms with Crippen LogP contribution >= 0.6 is 0 Å². The van der Waals surface area contributed by atoms with E-state index in [1.165, 1.54) is 0 Å². The van der Waals surface area contributed by atoms with Crippen molar-refractivity contribution in [3.05, 3.63) is 29.8 Å². The van der Waals surface area contributed by atoms with Gasteiger partial charge in [-0.1, -0.05) is 17.3 Å². The number of ether oxygens (including phenoxy) is 1. The van der Waals surface area contributed by atoms with Gasteiger partial charge >= 0.3 is 0 Å². The molecule has 2 aliphatic rings. The summed E-state index contributed by atoms with van der Waals surface area (Å²) in [6.07, 6.45) is 1.92. The summed E-state index contributed by atoms with van der Waals surface area (Å²) in [7, 11) is 0. The second-order valence-electron chi connectivity index (χ2n) is 3.54. The smallest absolute Gasteiger partial charge is 0.155 e. The number of para-hydroxylation sites is 1. The molecule has 1 heterocycles. The second kappa shape index (κ2) is 2.05. The Kier molecular flexibility index (Phi) is 1.09. The first kappa shape index (κ1) is 6.95. The third-order valence-electron chi connectivity index (χ3n) is 2.68. The molecule has 0 saturated heterocycles. The predicted molar refractivity (Wildman–Crippen MR) is 47.4 cm³/mol. The first-order valence-corrected chi connectivity index (χ1v) is 4.37. The lowest BCUT2D eigenvalue weighted by atomic mass is 10.1. The molecule has 1 aromatic rings. The van der Waals surface area contributed by atoms with Crippen molar-refractivity contribution in [3.63, 3.8) is 0 Å². The summed E-state index contributed by atoms with van der Waals surface area (Å²) in [4.78, 5) is 0. The summed E-state index contributed by atoms with van der Waals surface area (Å²) < 4.78 is 5.72. The van der Waals surface area contributed by atoms with E-state index in [0.29, 0.717) is 5.71 Å². The van der Waals surface area contributed by atoms with Crippen molar-refractivity contribution in [2.24, 2.45) is 5.16 Å². The topological polar surface area (TPSA) is 41.8 Å². The largest absolute Gasteiger partial charge is 0.480 e. The summed E-state index contributed by atoms with van der Waals surface area (Å²) >= 11 is 0. The number of hydrogen-bond donors (Lipinski definition) is 1. The maximum Gasteiger partial charge on any atom is 0.155 e. The van der Waals surface area contributed by atoms with Crippen LogP contribution in [-0.4, -0.2) is 16.5 Å². The zero-order valence-corrected chi connectivity index (χ0v) is 7.03. The Morgan fingerprint density at radius 2 is 2.08 bits per heavy atom. The van der Waals surface area contributed by atoms with Gasteiger partial charge in [0.05, 0.1) is 0 Å². The molecule has 0 amide bonds. The molecule has 0 atom stereocenters. The molecule has 1 fully saturated rings. The van der Waals surface area contributed by atoms with Gasteiger partial charge in [-0.15, -0.1) is 0 Å². The Hall–Kier alpha value is -1.51. The molecule has 0 radical (unpaired) electrons. The van der Waals surface area contributed by atoms with Gasteiger partial charge in [0.25, 0.3) is 0 Å². The molecule has 0 bridgehead atoms. The minimum atomic E-state index is -0.279. The van der Waals surface area contributed by atoms with Crippen LogP contribution in [0.3, 0.4) is 0 Å². The number of fused-ring (bicyclic) bond motifs is 1. The summed E-state index contributed by atoms with van der Waals surface area (Å²) in [5.41, 5.74) is 1.35. The average Bonchev–Trinajstić information content (AvgIpc) is 2.83. The molecule has 3 rings (SSSR count). The van der Waals surface area contributed by atoms with Gasteiger partial charge in [0.15, 0.2) is 5.60 Å². The van der Waals surface area contributed by atoms with Crippen LogP contribution in [0.1, 0.15) is 18.4 Å². The Morgan fingerprint density at radius 3 is 2.77 bits per heavy atom. The van der Waals surface area contributed by atoms with Crippen LogP contribution in [0.2, 0.25) is 0 Å². The van der Waals surface area contributed by atoms with Gasteiger partial charge < -0.3 is 9.94 Å². The maximum atomic E-state index is 8.90. The van der Waals surface area contributed by atoms with E-state index in [2.05, 4.69) is 5.16 Å². The number of oxime groups is 1. The number of rotatable bonds is 0. The molecule has 1 saturated carbocycles. The van der Waals surface area contributed by atoms with Gasteiger partial charge in [-0.25, -0.2) is 0 Å². The van der Waals surface area contributed by atoms with Crippen LogP contribution in [0.4, 0.5) is 0 Å².